The van der Waals surface area contributed by atoms with E-state index in [1.54, 1.807) is 0 Å². The summed E-state index contributed by atoms with van der Waals surface area (Å²) in [6.07, 6.45) is 0.964. The summed E-state index contributed by atoms with van der Waals surface area (Å²) in [5.41, 5.74) is 8.00. The van der Waals surface area contributed by atoms with Crippen LogP contribution >= 0.6 is 11.3 Å². The molecule has 5 heterocycles. The van der Waals surface area contributed by atoms with E-state index < -0.39 is 6.37 Å². The predicted octanol–water partition coefficient (Wildman–Crippen LogP) is 9.48. The van der Waals surface area contributed by atoms with Crippen molar-refractivity contribution in [1.82, 2.24) is 15.0 Å². The molecule has 0 aliphatic carbocycles. The molecule has 0 saturated carbocycles. The number of benzene rings is 2. The van der Waals surface area contributed by atoms with Gasteiger partial charge >= 0.3 is 0 Å². The molecule has 0 spiro atoms. The first-order valence-corrected chi connectivity index (χ1v) is 14.1. The number of aryl methyl sites for hydroxylation is 4. The second-order valence-corrected chi connectivity index (χ2v) is 10.6. The molecule has 0 amide bonds. The monoisotopic (exact) mass is 734 g/mol. The molecule has 0 bridgehead atoms. The molecule has 0 aliphatic heterocycles. The van der Waals surface area contributed by atoms with Gasteiger partial charge in [0.2, 0.25) is 5.71 Å². The zero-order valence-corrected chi connectivity index (χ0v) is 26.4. The summed E-state index contributed by atoms with van der Waals surface area (Å²) in [5, 5.41) is 2.97. The van der Waals surface area contributed by atoms with E-state index >= 15 is 0 Å². The van der Waals surface area contributed by atoms with Crippen LogP contribution in [0, 0.1) is 32.9 Å². The van der Waals surface area contributed by atoms with Crippen LogP contribution in [0.4, 0.5) is 0 Å². The zero-order valence-electron chi connectivity index (χ0n) is 25.2. The minimum Gasteiger partial charge on any atom is -0.486 e. The van der Waals surface area contributed by atoms with Crippen LogP contribution in [0.5, 0.6) is 0 Å². The molecule has 5 aromatic heterocycles. The number of hydrogen-bond acceptors (Lipinski definition) is 5. The Morgan fingerprint density at radius 2 is 1.68 bits per heavy atom. The smallest absolute Gasteiger partial charge is 0.216 e. The van der Waals surface area contributed by atoms with Crippen molar-refractivity contribution in [2.45, 2.75) is 40.5 Å². The first-order valence-electron chi connectivity index (χ1n) is 14.3. The molecule has 7 rings (SSSR count). The van der Waals surface area contributed by atoms with Crippen molar-refractivity contribution in [3.63, 3.8) is 0 Å². The summed E-state index contributed by atoms with van der Waals surface area (Å²) >= 11 is 1.43. The summed E-state index contributed by atoms with van der Waals surface area (Å²) in [7, 11) is 0. The average molecular weight is 734 g/mol. The van der Waals surface area contributed by atoms with E-state index in [-0.39, 0.29) is 20.1 Å². The van der Waals surface area contributed by atoms with Crippen molar-refractivity contribution < 1.29 is 27.3 Å². The van der Waals surface area contributed by atoms with Gasteiger partial charge in [-0.05, 0) is 61.8 Å². The normalized spacial score (nSPS) is 12.0. The molecule has 2 aromatic carbocycles. The van der Waals surface area contributed by atoms with Gasteiger partial charge in [-0.15, -0.1) is 65.4 Å². The minimum absolute atomic E-state index is 0. The molecule has 0 saturated heterocycles. The maximum atomic E-state index is 8.32. The van der Waals surface area contributed by atoms with Gasteiger partial charge in [0.15, 0.2) is 0 Å². The van der Waals surface area contributed by atoms with Crippen LogP contribution in [0.15, 0.2) is 83.4 Å². The van der Waals surface area contributed by atoms with Crippen molar-refractivity contribution >= 4 is 43.6 Å². The summed E-state index contributed by atoms with van der Waals surface area (Å²) in [6.45, 7) is 7.82. The van der Waals surface area contributed by atoms with Crippen LogP contribution in [0.3, 0.4) is 0 Å². The predicted molar refractivity (Wildman–Crippen MR) is 166 cm³/mol. The SMILES string of the molecule is Cc1ccc(-c2[c-]cccc2)nc1.[2H]C([2H])(CC)c1sc2nc(-c3[c-]ccc4c3oc3nc(C)ccc34)ccc2c1C.[Ir]. The molecule has 0 fully saturated rings. The topological polar surface area (TPSA) is 51.8 Å². The van der Waals surface area contributed by atoms with Crippen molar-refractivity contribution in [2.75, 3.05) is 0 Å². The zero-order chi connectivity index (χ0) is 29.4. The van der Waals surface area contributed by atoms with E-state index in [1.165, 1.54) is 16.9 Å². The summed E-state index contributed by atoms with van der Waals surface area (Å²) < 4.78 is 22.7. The number of fused-ring (bicyclic) bond motifs is 4. The Kier molecular flexibility index (Phi) is 7.95. The number of furan rings is 1. The van der Waals surface area contributed by atoms with Crippen LogP contribution in [0.25, 0.3) is 54.8 Å². The Hall–Kier alpha value is -3.70. The van der Waals surface area contributed by atoms with Crippen LogP contribution < -0.4 is 0 Å². The maximum absolute atomic E-state index is 8.32. The van der Waals surface area contributed by atoms with E-state index in [0.717, 1.165) is 65.2 Å². The quantitative estimate of drug-likeness (QED) is 0.169. The summed E-state index contributed by atoms with van der Waals surface area (Å²) in [5.74, 6) is 0. The fraction of sp³-hybridized carbons (Fsp3) is 0.171. The van der Waals surface area contributed by atoms with Crippen molar-refractivity contribution in [1.29, 1.82) is 0 Å². The third-order valence-corrected chi connectivity index (χ3v) is 7.89. The van der Waals surface area contributed by atoms with Gasteiger partial charge in [-0.25, -0.2) is 4.98 Å². The van der Waals surface area contributed by atoms with E-state index in [1.807, 2.05) is 101 Å². The molecule has 0 N–H and O–H groups in total. The van der Waals surface area contributed by atoms with Crippen LogP contribution in [0.1, 0.15) is 37.8 Å². The van der Waals surface area contributed by atoms with Crippen molar-refractivity contribution in [3.05, 3.63) is 113 Å². The van der Waals surface area contributed by atoms with E-state index in [9.17, 15) is 0 Å². The van der Waals surface area contributed by atoms with Gasteiger partial charge in [-0.2, -0.15) is 0 Å². The van der Waals surface area contributed by atoms with Crippen molar-refractivity contribution in [2.24, 2.45) is 0 Å². The molecule has 7 aromatic rings. The first kappa shape index (κ1) is 26.2. The number of thiophene rings is 1. The van der Waals surface area contributed by atoms with Gasteiger partial charge in [-0.3, -0.25) is 4.98 Å². The number of rotatable bonds is 4. The molecule has 0 atom stereocenters. The number of hydrogen-bond donors (Lipinski definition) is 0. The van der Waals surface area contributed by atoms with E-state index in [4.69, 9.17) is 12.1 Å². The van der Waals surface area contributed by atoms with Gasteiger partial charge in [0.1, 0.15) is 4.83 Å². The summed E-state index contributed by atoms with van der Waals surface area (Å²) in [6, 6.07) is 30.2. The molecule has 0 unspecified atom stereocenters. The molecule has 0 aliphatic rings. The molecule has 1 radical (unpaired) electrons. The van der Waals surface area contributed by atoms with E-state index in [2.05, 4.69) is 28.2 Å². The number of nitrogens with zero attached hydrogens (tertiary/aromatic N) is 3. The van der Waals surface area contributed by atoms with Crippen LogP contribution in [0.2, 0.25) is 0 Å². The number of aromatic nitrogens is 3. The third kappa shape index (κ3) is 5.87. The molecular formula is C35H29IrN3OS-2. The maximum Gasteiger partial charge on any atom is 0.216 e. The van der Waals surface area contributed by atoms with Crippen LogP contribution in [-0.4, -0.2) is 15.0 Å². The van der Waals surface area contributed by atoms with Gasteiger partial charge in [-0.1, -0.05) is 48.6 Å². The van der Waals surface area contributed by atoms with Gasteiger partial charge in [0.25, 0.3) is 0 Å². The Balaban J connectivity index is 0.000000221. The average Bonchev–Trinajstić information content (AvgIpc) is 3.55. The van der Waals surface area contributed by atoms with Gasteiger partial charge < -0.3 is 9.40 Å². The second-order valence-electron chi connectivity index (χ2n) is 9.64. The molecule has 41 heavy (non-hydrogen) atoms. The molecular weight excluding hydrogens is 703 g/mol. The Morgan fingerprint density at radius 1 is 0.854 bits per heavy atom. The Labute approximate surface area is 260 Å². The standard InChI is InChI=1S/C23H19N2OS.C12H10N.Ir/c1-4-6-20-14(3)15-11-12-19(25-23(15)27-20)18-8-5-7-16-17-10-9-13(2)24-22(17)26-21(16)18;1-10-7-8-12(13-9-10)11-5-3-2-4-6-11;/h5,7,9-12H,4,6H2,1-3H3;2-5,7-9H,1H3;/q2*-1;/i6D2;;. The van der Waals surface area contributed by atoms with Gasteiger partial charge in [0, 0.05) is 50.4 Å². The molecule has 4 nitrogen and oxygen atoms in total. The minimum atomic E-state index is -1.34. The Morgan fingerprint density at radius 3 is 2.44 bits per heavy atom. The molecule has 207 valence electrons. The fourth-order valence-electron chi connectivity index (χ4n) is 4.65. The first-order chi connectivity index (χ1) is 20.2. The van der Waals surface area contributed by atoms with Crippen molar-refractivity contribution in [3.8, 4) is 22.5 Å². The van der Waals surface area contributed by atoms with E-state index in [0.29, 0.717) is 12.1 Å². The van der Waals surface area contributed by atoms with Crippen LogP contribution in [-0.2, 0) is 26.5 Å². The van der Waals surface area contributed by atoms with Gasteiger partial charge in [0.05, 0.1) is 5.58 Å². The number of pyridine rings is 3. The third-order valence-electron chi connectivity index (χ3n) is 6.73. The fourth-order valence-corrected chi connectivity index (χ4v) is 5.80. The largest absolute Gasteiger partial charge is 0.486 e. The Bertz CT molecular complexity index is 2040. The molecule has 6 heteroatoms. The second kappa shape index (κ2) is 12.4. The summed E-state index contributed by atoms with van der Waals surface area (Å²) in [4.78, 5) is 15.3.